The summed E-state index contributed by atoms with van der Waals surface area (Å²) in [5, 5.41) is 3.35. The van der Waals surface area contributed by atoms with Crippen LogP contribution in [0.3, 0.4) is 0 Å². The maximum absolute atomic E-state index is 3.70. The monoisotopic (exact) mass is 153 g/mol. The Bertz CT molecular complexity index is 107. The van der Waals surface area contributed by atoms with Crippen LogP contribution in [0.2, 0.25) is 0 Å². The van der Waals surface area contributed by atoms with Crippen molar-refractivity contribution in [1.82, 2.24) is 5.32 Å². The minimum absolute atomic E-state index is 0.706. The molecular weight excluding hydrogens is 134 g/mol. The Morgan fingerprint density at radius 1 is 1.36 bits per heavy atom. The van der Waals surface area contributed by atoms with Crippen LogP contribution in [0.25, 0.3) is 0 Å². The van der Waals surface area contributed by atoms with Gasteiger partial charge >= 0.3 is 0 Å². The van der Waals surface area contributed by atoms with Crippen molar-refractivity contribution >= 4 is 0 Å². The average molecular weight is 153 g/mol. The molecule has 0 saturated heterocycles. The van der Waals surface area contributed by atoms with E-state index in [2.05, 4.69) is 25.4 Å². The van der Waals surface area contributed by atoms with Gasteiger partial charge in [-0.2, -0.15) is 0 Å². The van der Waals surface area contributed by atoms with Crippen molar-refractivity contribution < 1.29 is 0 Å². The fraction of sp³-hybridized carbons (Fsp3) is 0.600. The molecule has 0 aromatic heterocycles. The maximum Gasteiger partial charge on any atom is -0.00143 e. The first-order chi connectivity index (χ1) is 5.31. The highest BCUT2D eigenvalue weighted by Gasteiger charge is 1.96. The van der Waals surface area contributed by atoms with Crippen LogP contribution in [0.15, 0.2) is 25.3 Å². The topological polar surface area (TPSA) is 12.0 Å². The highest BCUT2D eigenvalue weighted by atomic mass is 14.8. The van der Waals surface area contributed by atoms with E-state index < -0.39 is 0 Å². The molecule has 1 heteroatoms. The van der Waals surface area contributed by atoms with E-state index in [1.807, 2.05) is 12.2 Å². The summed E-state index contributed by atoms with van der Waals surface area (Å²) in [5.74, 6) is 0.706. The number of hydrogen-bond acceptors (Lipinski definition) is 1. The Kier molecular flexibility index (Phi) is 7.16. The molecule has 0 heterocycles. The van der Waals surface area contributed by atoms with Gasteiger partial charge in [0.25, 0.3) is 0 Å². The van der Waals surface area contributed by atoms with Gasteiger partial charge in [0.1, 0.15) is 0 Å². The van der Waals surface area contributed by atoms with E-state index in [4.69, 9.17) is 0 Å². The maximum atomic E-state index is 3.70. The van der Waals surface area contributed by atoms with Crippen LogP contribution in [-0.2, 0) is 0 Å². The van der Waals surface area contributed by atoms with E-state index in [-0.39, 0.29) is 0 Å². The summed E-state index contributed by atoms with van der Waals surface area (Å²) in [7, 11) is 0. The number of rotatable bonds is 7. The Hall–Kier alpha value is -0.560. The predicted octanol–water partition coefficient (Wildman–Crippen LogP) is 2.36. The van der Waals surface area contributed by atoms with Crippen LogP contribution < -0.4 is 5.32 Å². The minimum atomic E-state index is 0.706. The summed E-state index contributed by atoms with van der Waals surface area (Å²) in [4.78, 5) is 0. The lowest BCUT2D eigenvalue weighted by atomic mass is 10.1. The van der Waals surface area contributed by atoms with Crippen molar-refractivity contribution in [2.75, 3.05) is 13.1 Å². The predicted molar refractivity (Wildman–Crippen MR) is 51.7 cm³/mol. The molecule has 0 radical (unpaired) electrons. The van der Waals surface area contributed by atoms with Crippen molar-refractivity contribution in [2.45, 2.75) is 19.8 Å². The molecular formula is C10H19N. The van der Waals surface area contributed by atoms with E-state index in [1.54, 1.807) is 0 Å². The molecule has 0 bridgehead atoms. The Labute approximate surface area is 70.2 Å². The molecule has 1 nitrogen and oxygen atoms in total. The summed E-state index contributed by atoms with van der Waals surface area (Å²) in [6, 6.07) is 0. The molecule has 1 N–H and O–H groups in total. The number of hydrogen-bond donors (Lipinski definition) is 1. The normalized spacial score (nSPS) is 12.5. The molecule has 0 aromatic rings. The number of allylic oxidation sites excluding steroid dienone is 1. The summed E-state index contributed by atoms with van der Waals surface area (Å²) in [6.45, 7) is 11.7. The lowest BCUT2D eigenvalue weighted by Crippen LogP contribution is -2.21. The quantitative estimate of drug-likeness (QED) is 0.437. The molecule has 0 rings (SSSR count). The fourth-order valence-electron chi connectivity index (χ4n) is 0.920. The molecule has 1 unspecified atom stereocenters. The van der Waals surface area contributed by atoms with Gasteiger partial charge in [-0.3, -0.25) is 0 Å². The van der Waals surface area contributed by atoms with E-state index in [0.717, 1.165) is 25.9 Å². The molecule has 64 valence electrons. The largest absolute Gasteiger partial charge is 0.316 e. The van der Waals surface area contributed by atoms with Crippen molar-refractivity contribution in [1.29, 1.82) is 0 Å². The molecule has 1 atom stereocenters. The average Bonchev–Trinajstić information content (AvgIpc) is 1.99. The molecule has 0 fully saturated rings. The van der Waals surface area contributed by atoms with Gasteiger partial charge in [-0.1, -0.05) is 19.1 Å². The van der Waals surface area contributed by atoms with Gasteiger partial charge in [0.15, 0.2) is 0 Å². The van der Waals surface area contributed by atoms with Crippen LogP contribution in [0, 0.1) is 5.92 Å². The first-order valence-corrected chi connectivity index (χ1v) is 4.23. The van der Waals surface area contributed by atoms with Crippen molar-refractivity contribution in [2.24, 2.45) is 5.92 Å². The van der Waals surface area contributed by atoms with Crippen LogP contribution in [0.1, 0.15) is 19.8 Å². The van der Waals surface area contributed by atoms with Gasteiger partial charge in [0.05, 0.1) is 0 Å². The van der Waals surface area contributed by atoms with E-state index in [1.165, 1.54) is 0 Å². The lowest BCUT2D eigenvalue weighted by Gasteiger charge is -2.08. The Morgan fingerprint density at radius 3 is 2.64 bits per heavy atom. The standard InChI is InChI=1S/C10H19N/c1-4-6-8-11-9-10(3)7-5-2/h4-5,10-11H,1-2,6-9H2,3H3. The van der Waals surface area contributed by atoms with Crippen LogP contribution in [-0.4, -0.2) is 13.1 Å². The molecule has 0 saturated carbocycles. The second-order valence-corrected chi connectivity index (χ2v) is 2.91. The molecule has 0 aliphatic rings. The zero-order valence-electron chi connectivity index (χ0n) is 7.47. The van der Waals surface area contributed by atoms with Crippen LogP contribution >= 0.6 is 0 Å². The second kappa shape index (κ2) is 7.55. The van der Waals surface area contributed by atoms with E-state index in [9.17, 15) is 0 Å². The summed E-state index contributed by atoms with van der Waals surface area (Å²) < 4.78 is 0. The molecule has 0 aliphatic heterocycles. The molecule has 0 aromatic carbocycles. The molecule has 0 amide bonds. The third-order valence-electron chi connectivity index (χ3n) is 1.59. The highest BCUT2D eigenvalue weighted by Crippen LogP contribution is 1.99. The van der Waals surface area contributed by atoms with Crippen LogP contribution in [0.5, 0.6) is 0 Å². The molecule has 0 aliphatic carbocycles. The third-order valence-corrected chi connectivity index (χ3v) is 1.59. The van der Waals surface area contributed by atoms with Gasteiger partial charge < -0.3 is 5.32 Å². The lowest BCUT2D eigenvalue weighted by molar-refractivity contribution is 0.523. The van der Waals surface area contributed by atoms with Gasteiger partial charge in [-0.25, -0.2) is 0 Å². The summed E-state index contributed by atoms with van der Waals surface area (Å²) in [6.07, 6.45) is 6.06. The third kappa shape index (κ3) is 7.34. The summed E-state index contributed by atoms with van der Waals surface area (Å²) >= 11 is 0. The minimum Gasteiger partial charge on any atom is -0.316 e. The molecule has 11 heavy (non-hydrogen) atoms. The smallest absolute Gasteiger partial charge is 0.00143 e. The Balaban J connectivity index is 3.09. The van der Waals surface area contributed by atoms with Crippen molar-refractivity contribution in [3.8, 4) is 0 Å². The second-order valence-electron chi connectivity index (χ2n) is 2.91. The highest BCUT2D eigenvalue weighted by molar-refractivity contribution is 4.73. The zero-order valence-corrected chi connectivity index (χ0v) is 7.47. The summed E-state index contributed by atoms with van der Waals surface area (Å²) in [5.41, 5.74) is 0. The molecule has 0 spiro atoms. The number of nitrogens with one attached hydrogen (secondary N) is 1. The van der Waals surface area contributed by atoms with Crippen molar-refractivity contribution in [3.63, 3.8) is 0 Å². The fourth-order valence-corrected chi connectivity index (χ4v) is 0.920. The van der Waals surface area contributed by atoms with E-state index >= 15 is 0 Å². The SMILES string of the molecule is C=CCCNCC(C)CC=C. The van der Waals surface area contributed by atoms with Gasteiger partial charge in [0, 0.05) is 0 Å². The zero-order chi connectivity index (χ0) is 8.53. The van der Waals surface area contributed by atoms with E-state index in [0.29, 0.717) is 5.92 Å². The Morgan fingerprint density at radius 2 is 2.09 bits per heavy atom. The van der Waals surface area contributed by atoms with Crippen molar-refractivity contribution in [3.05, 3.63) is 25.3 Å². The first-order valence-electron chi connectivity index (χ1n) is 4.23. The van der Waals surface area contributed by atoms with Gasteiger partial charge in [0.2, 0.25) is 0 Å². The van der Waals surface area contributed by atoms with Crippen LogP contribution in [0.4, 0.5) is 0 Å². The van der Waals surface area contributed by atoms with Gasteiger partial charge in [-0.15, -0.1) is 13.2 Å². The van der Waals surface area contributed by atoms with Gasteiger partial charge in [-0.05, 0) is 31.8 Å². The first kappa shape index (κ1) is 10.4.